The van der Waals surface area contributed by atoms with Crippen LogP contribution in [0.15, 0.2) is 42.5 Å². The molecule has 118 valence electrons. The Balaban J connectivity index is 0.00000176. The summed E-state index contributed by atoms with van der Waals surface area (Å²) >= 11 is 12.0. The van der Waals surface area contributed by atoms with Crippen molar-refractivity contribution in [2.75, 3.05) is 0 Å². The highest BCUT2D eigenvalue weighted by molar-refractivity contribution is 6.35. The van der Waals surface area contributed by atoms with Crippen molar-refractivity contribution in [1.82, 2.24) is 5.32 Å². The first-order chi connectivity index (χ1) is 10.2. The third-order valence-corrected chi connectivity index (χ3v) is 4.07. The van der Waals surface area contributed by atoms with Crippen molar-refractivity contribution in [3.63, 3.8) is 0 Å². The van der Waals surface area contributed by atoms with Crippen LogP contribution in [0.5, 0.6) is 5.75 Å². The lowest BCUT2D eigenvalue weighted by molar-refractivity contribution is 0.306. The maximum atomic E-state index is 6.14. The highest BCUT2D eigenvalue weighted by Crippen LogP contribution is 2.23. The van der Waals surface area contributed by atoms with Crippen LogP contribution in [0.25, 0.3) is 0 Å². The molecule has 1 aliphatic carbocycles. The fourth-order valence-electron chi connectivity index (χ4n) is 2.09. The Morgan fingerprint density at radius 1 is 1.09 bits per heavy atom. The molecule has 22 heavy (non-hydrogen) atoms. The molecule has 0 radical (unpaired) electrons. The summed E-state index contributed by atoms with van der Waals surface area (Å²) in [5.41, 5.74) is 2.17. The number of hydrogen-bond acceptors (Lipinski definition) is 2. The first kappa shape index (κ1) is 17.4. The highest BCUT2D eigenvalue weighted by Gasteiger charge is 2.19. The van der Waals surface area contributed by atoms with E-state index in [9.17, 15) is 0 Å². The standard InChI is InChI=1S/C17H17Cl2NO.ClH/c18-14-5-4-13(17(19)9-14)11-21-16-3-1-2-12(8-16)10-20-15-6-7-15;/h1-5,8-9,15,20H,6-7,10-11H2;1H. The summed E-state index contributed by atoms with van der Waals surface area (Å²) in [6.07, 6.45) is 2.59. The van der Waals surface area contributed by atoms with E-state index in [0.29, 0.717) is 22.7 Å². The van der Waals surface area contributed by atoms with Gasteiger partial charge in [-0.1, -0.05) is 41.4 Å². The molecule has 0 aromatic heterocycles. The molecule has 1 fully saturated rings. The molecular formula is C17H18Cl3NO. The molecule has 0 bridgehead atoms. The first-order valence-electron chi connectivity index (χ1n) is 7.10. The minimum Gasteiger partial charge on any atom is -0.489 e. The van der Waals surface area contributed by atoms with Gasteiger partial charge in [0.05, 0.1) is 0 Å². The molecule has 0 heterocycles. The molecule has 1 saturated carbocycles. The normalized spacial score (nSPS) is 13.5. The zero-order valence-electron chi connectivity index (χ0n) is 12.0. The maximum absolute atomic E-state index is 6.14. The fourth-order valence-corrected chi connectivity index (χ4v) is 2.56. The van der Waals surface area contributed by atoms with E-state index in [4.69, 9.17) is 27.9 Å². The number of rotatable bonds is 6. The minimum absolute atomic E-state index is 0. The van der Waals surface area contributed by atoms with Crippen molar-refractivity contribution in [2.45, 2.75) is 32.0 Å². The van der Waals surface area contributed by atoms with Gasteiger partial charge in [-0.25, -0.2) is 0 Å². The highest BCUT2D eigenvalue weighted by atomic mass is 35.5. The number of ether oxygens (including phenoxy) is 1. The van der Waals surface area contributed by atoms with Gasteiger partial charge in [0.1, 0.15) is 12.4 Å². The van der Waals surface area contributed by atoms with Crippen LogP contribution >= 0.6 is 35.6 Å². The summed E-state index contributed by atoms with van der Waals surface area (Å²) in [6.45, 7) is 1.33. The van der Waals surface area contributed by atoms with Crippen molar-refractivity contribution in [2.24, 2.45) is 0 Å². The molecule has 0 spiro atoms. The Morgan fingerprint density at radius 3 is 2.64 bits per heavy atom. The molecule has 5 heteroatoms. The molecule has 0 unspecified atom stereocenters. The van der Waals surface area contributed by atoms with E-state index in [2.05, 4.69) is 17.4 Å². The van der Waals surface area contributed by atoms with Gasteiger partial charge < -0.3 is 10.1 Å². The molecule has 0 aliphatic heterocycles. The fraction of sp³-hybridized carbons (Fsp3) is 0.294. The smallest absolute Gasteiger partial charge is 0.120 e. The van der Waals surface area contributed by atoms with E-state index in [1.807, 2.05) is 24.3 Å². The van der Waals surface area contributed by atoms with Crippen LogP contribution in [-0.2, 0) is 13.2 Å². The largest absolute Gasteiger partial charge is 0.489 e. The van der Waals surface area contributed by atoms with E-state index >= 15 is 0 Å². The molecule has 3 rings (SSSR count). The van der Waals surface area contributed by atoms with Gasteiger partial charge in [-0.2, -0.15) is 0 Å². The van der Waals surface area contributed by atoms with Gasteiger partial charge in [-0.3, -0.25) is 0 Å². The molecule has 0 atom stereocenters. The van der Waals surface area contributed by atoms with Crippen LogP contribution in [0.1, 0.15) is 24.0 Å². The van der Waals surface area contributed by atoms with E-state index in [-0.39, 0.29) is 12.4 Å². The van der Waals surface area contributed by atoms with E-state index in [1.165, 1.54) is 18.4 Å². The van der Waals surface area contributed by atoms with Gasteiger partial charge in [-0.15, -0.1) is 12.4 Å². The van der Waals surface area contributed by atoms with Crippen LogP contribution < -0.4 is 10.1 Å². The van der Waals surface area contributed by atoms with E-state index < -0.39 is 0 Å². The van der Waals surface area contributed by atoms with Crippen LogP contribution in [0.4, 0.5) is 0 Å². The van der Waals surface area contributed by atoms with Gasteiger partial charge in [0.25, 0.3) is 0 Å². The molecular weight excluding hydrogens is 341 g/mol. The number of hydrogen-bond donors (Lipinski definition) is 1. The van der Waals surface area contributed by atoms with Gasteiger partial charge in [0, 0.05) is 28.2 Å². The van der Waals surface area contributed by atoms with Crippen molar-refractivity contribution in [3.05, 3.63) is 63.6 Å². The zero-order chi connectivity index (χ0) is 14.7. The Bertz CT molecular complexity index is 629. The first-order valence-corrected chi connectivity index (χ1v) is 7.85. The Labute approximate surface area is 147 Å². The number of halogens is 3. The Kier molecular flexibility index (Phi) is 6.39. The van der Waals surface area contributed by atoms with Crippen molar-refractivity contribution in [1.29, 1.82) is 0 Å². The lowest BCUT2D eigenvalue weighted by Gasteiger charge is -2.10. The molecule has 0 amide bonds. The maximum Gasteiger partial charge on any atom is 0.120 e. The molecule has 2 aromatic carbocycles. The van der Waals surface area contributed by atoms with Crippen LogP contribution in [0.3, 0.4) is 0 Å². The summed E-state index contributed by atoms with van der Waals surface area (Å²) in [5.74, 6) is 0.858. The van der Waals surface area contributed by atoms with Crippen molar-refractivity contribution >= 4 is 35.6 Å². The summed E-state index contributed by atoms with van der Waals surface area (Å²) in [7, 11) is 0. The molecule has 1 N–H and O–H groups in total. The molecule has 2 aromatic rings. The minimum atomic E-state index is 0. The second kappa shape index (κ2) is 8.07. The predicted octanol–water partition coefficient (Wildman–Crippen LogP) is 5.25. The Morgan fingerprint density at radius 2 is 1.91 bits per heavy atom. The monoisotopic (exact) mass is 357 g/mol. The van der Waals surface area contributed by atoms with Crippen molar-refractivity contribution in [3.8, 4) is 5.75 Å². The van der Waals surface area contributed by atoms with Crippen molar-refractivity contribution < 1.29 is 4.74 Å². The summed E-state index contributed by atoms with van der Waals surface area (Å²) in [6, 6.07) is 14.3. The lowest BCUT2D eigenvalue weighted by Crippen LogP contribution is -2.15. The van der Waals surface area contributed by atoms with Gasteiger partial charge >= 0.3 is 0 Å². The Hall–Kier alpha value is -0.930. The summed E-state index contributed by atoms with van der Waals surface area (Å²) < 4.78 is 5.82. The average molecular weight is 359 g/mol. The topological polar surface area (TPSA) is 21.3 Å². The van der Waals surface area contributed by atoms with E-state index in [0.717, 1.165) is 17.9 Å². The van der Waals surface area contributed by atoms with Gasteiger partial charge in [0.2, 0.25) is 0 Å². The molecule has 1 aliphatic rings. The molecule has 0 saturated heterocycles. The predicted molar refractivity (Wildman–Crippen MR) is 94.3 cm³/mol. The summed E-state index contributed by atoms with van der Waals surface area (Å²) in [5, 5.41) is 4.77. The quantitative estimate of drug-likeness (QED) is 0.762. The van der Waals surface area contributed by atoms with E-state index in [1.54, 1.807) is 6.07 Å². The zero-order valence-corrected chi connectivity index (χ0v) is 14.3. The molecule has 2 nitrogen and oxygen atoms in total. The van der Waals surface area contributed by atoms with Crippen LogP contribution in [-0.4, -0.2) is 6.04 Å². The van der Waals surface area contributed by atoms with Gasteiger partial charge in [0.15, 0.2) is 0 Å². The number of benzene rings is 2. The lowest BCUT2D eigenvalue weighted by atomic mass is 10.2. The van der Waals surface area contributed by atoms with Crippen LogP contribution in [0.2, 0.25) is 10.0 Å². The third-order valence-electron chi connectivity index (χ3n) is 3.48. The number of nitrogens with one attached hydrogen (secondary N) is 1. The average Bonchev–Trinajstić information content (AvgIpc) is 3.29. The summed E-state index contributed by atoms with van der Waals surface area (Å²) in [4.78, 5) is 0. The SMILES string of the molecule is Cl.Clc1ccc(COc2cccc(CNC3CC3)c2)c(Cl)c1. The third kappa shape index (κ3) is 5.06. The second-order valence-corrected chi connectivity index (χ2v) is 6.17. The van der Waals surface area contributed by atoms with Crippen LogP contribution in [0, 0.1) is 0 Å². The van der Waals surface area contributed by atoms with Gasteiger partial charge in [-0.05, 0) is 42.7 Å². The second-order valence-electron chi connectivity index (χ2n) is 5.33.